The van der Waals surface area contributed by atoms with Crippen LogP contribution in [0.15, 0.2) is 60.9 Å². The highest BCUT2D eigenvalue weighted by Gasteiger charge is 2.49. The van der Waals surface area contributed by atoms with Crippen molar-refractivity contribution in [1.82, 2.24) is 4.98 Å². The van der Waals surface area contributed by atoms with Crippen molar-refractivity contribution in [2.45, 2.75) is 63.3 Å². The molecule has 272 valence electrons. The molecule has 0 spiro atoms. The number of nitrogens with one attached hydrogen (secondary N) is 1. The van der Waals surface area contributed by atoms with Crippen LogP contribution >= 0.6 is 23.2 Å². The molecule has 0 radical (unpaired) electrons. The number of carbonyl (C=O) groups is 2. The highest BCUT2D eigenvalue weighted by molar-refractivity contribution is 6.39. The molecule has 1 saturated heterocycles. The van der Waals surface area contributed by atoms with Gasteiger partial charge in [0.2, 0.25) is 0 Å². The van der Waals surface area contributed by atoms with Crippen molar-refractivity contribution >= 4 is 40.8 Å². The largest absolute Gasteiger partial charge is 1.00 e. The molecule has 2 saturated carbocycles. The van der Waals surface area contributed by atoms with Crippen LogP contribution in [0.25, 0.3) is 0 Å². The molecule has 1 aliphatic heterocycles. The highest BCUT2D eigenvalue weighted by atomic mass is 79.9. The van der Waals surface area contributed by atoms with Crippen LogP contribution in [0, 0.1) is 11.8 Å². The monoisotopic (exact) mass is 799 g/mol. The number of nitrogens with zero attached hydrogens (tertiary/aromatic N) is 2. The van der Waals surface area contributed by atoms with Gasteiger partial charge in [-0.25, -0.2) is 4.79 Å². The first-order valence-corrected chi connectivity index (χ1v) is 17.2. The van der Waals surface area contributed by atoms with E-state index in [-0.39, 0.29) is 61.8 Å². The molecule has 2 aliphatic carbocycles. The fourth-order valence-electron chi connectivity index (χ4n) is 6.28. The fraction of sp³-hybridized carbons (Fsp3) is 0.472. The zero-order valence-electron chi connectivity index (χ0n) is 27.9. The lowest BCUT2D eigenvalue weighted by molar-refractivity contribution is -0.879. The van der Waals surface area contributed by atoms with Gasteiger partial charge in [0.25, 0.3) is 5.91 Å². The second-order valence-corrected chi connectivity index (χ2v) is 14.3. The van der Waals surface area contributed by atoms with Crippen LogP contribution in [0.1, 0.15) is 60.9 Å². The second kappa shape index (κ2) is 17.5. The number of esters is 1. The Bertz CT molecular complexity index is 1590. The maximum Gasteiger partial charge on any atom is 0.387 e. The maximum atomic E-state index is 12.9. The molecule has 9 nitrogen and oxygen atoms in total. The van der Waals surface area contributed by atoms with Gasteiger partial charge >= 0.3 is 12.6 Å². The van der Waals surface area contributed by atoms with Crippen LogP contribution in [0.5, 0.6) is 11.5 Å². The van der Waals surface area contributed by atoms with Gasteiger partial charge in [-0.1, -0.05) is 66.4 Å². The summed E-state index contributed by atoms with van der Waals surface area (Å²) >= 11 is 12.0. The smallest absolute Gasteiger partial charge is 0.387 e. The van der Waals surface area contributed by atoms with E-state index >= 15 is 0 Å². The first-order valence-electron chi connectivity index (χ1n) is 16.5. The Hall–Kier alpha value is -3.03. The normalized spacial score (nSPS) is 19.4. The van der Waals surface area contributed by atoms with Gasteiger partial charge in [0.05, 0.1) is 43.0 Å². The maximum absolute atomic E-state index is 12.9. The Labute approximate surface area is 311 Å². The number of hydrogen-bond donors (Lipinski definition) is 2. The molecule has 6 rings (SSSR count). The molecule has 0 unspecified atom stereocenters. The summed E-state index contributed by atoms with van der Waals surface area (Å²) < 4.78 is 41.7. The molecule has 2 aromatic carbocycles. The number of amides is 1. The number of ether oxygens (including phenoxy) is 3. The number of likely N-dealkylation sites (tertiary alicyclic amines) is 1. The van der Waals surface area contributed by atoms with Crippen molar-refractivity contribution in [1.29, 1.82) is 0 Å². The molecule has 50 heavy (non-hydrogen) atoms. The van der Waals surface area contributed by atoms with Crippen LogP contribution < -0.4 is 31.8 Å². The SMILES string of the molecule is C[N+]1(C)CC[C@@H](OC(=O)[C@](O)(c2ccccc2)C2CCCC2)C1.O=C(Nc1c(Cl)cncc1Cl)c1ccc(OC(F)F)c(OCC2CC2)c1.[Br-]. The Morgan fingerprint density at radius 3 is 2.24 bits per heavy atom. The van der Waals surface area contributed by atoms with E-state index in [0.29, 0.717) is 18.1 Å². The number of benzene rings is 2. The summed E-state index contributed by atoms with van der Waals surface area (Å²) in [6.45, 7) is -0.786. The van der Waals surface area contributed by atoms with E-state index < -0.39 is 24.1 Å². The Kier molecular flexibility index (Phi) is 13.9. The summed E-state index contributed by atoms with van der Waals surface area (Å²) in [5.74, 6) is -0.668. The summed E-state index contributed by atoms with van der Waals surface area (Å²) in [5, 5.41) is 14.3. The lowest BCUT2D eigenvalue weighted by Crippen LogP contribution is -3.00. The van der Waals surface area contributed by atoms with Crippen molar-refractivity contribution in [3.63, 3.8) is 0 Å². The van der Waals surface area contributed by atoms with Gasteiger partial charge < -0.3 is 46.1 Å². The van der Waals surface area contributed by atoms with Gasteiger partial charge in [-0.05, 0) is 55.4 Å². The topological polar surface area (TPSA) is 107 Å². The number of rotatable bonds is 11. The van der Waals surface area contributed by atoms with Gasteiger partial charge in [-0.15, -0.1) is 0 Å². The molecule has 3 aromatic rings. The Morgan fingerprint density at radius 1 is 1.00 bits per heavy atom. The van der Waals surface area contributed by atoms with E-state index in [0.717, 1.165) is 62.5 Å². The second-order valence-electron chi connectivity index (χ2n) is 13.5. The number of aliphatic hydroxyl groups is 1. The van der Waals surface area contributed by atoms with E-state index in [4.69, 9.17) is 32.7 Å². The minimum atomic E-state index is -2.99. The van der Waals surface area contributed by atoms with Crippen molar-refractivity contribution in [2.24, 2.45) is 11.8 Å². The molecule has 14 heteroatoms. The number of alkyl halides is 2. The van der Waals surface area contributed by atoms with E-state index in [1.54, 1.807) is 0 Å². The molecule has 3 aliphatic rings. The molecule has 2 heterocycles. The van der Waals surface area contributed by atoms with Crippen LogP contribution in [0.3, 0.4) is 0 Å². The van der Waals surface area contributed by atoms with Crippen molar-refractivity contribution in [3.05, 3.63) is 82.1 Å². The lowest BCUT2D eigenvalue weighted by atomic mass is 9.80. The number of quaternary nitrogens is 1. The van der Waals surface area contributed by atoms with Crippen LogP contribution in [0.2, 0.25) is 10.0 Å². The number of aromatic nitrogens is 1. The molecule has 3 fully saturated rings. The minimum Gasteiger partial charge on any atom is -1.00 e. The van der Waals surface area contributed by atoms with Gasteiger partial charge in [0.1, 0.15) is 6.54 Å². The van der Waals surface area contributed by atoms with E-state index in [9.17, 15) is 23.5 Å². The molecule has 1 aromatic heterocycles. The zero-order chi connectivity index (χ0) is 35.2. The van der Waals surface area contributed by atoms with Gasteiger partial charge in [0, 0.05) is 30.3 Å². The van der Waals surface area contributed by atoms with Gasteiger partial charge in [0.15, 0.2) is 23.2 Å². The van der Waals surface area contributed by atoms with Gasteiger partial charge in [-0.3, -0.25) is 9.78 Å². The average Bonchev–Trinajstić information content (AvgIpc) is 3.60. The van der Waals surface area contributed by atoms with Crippen LogP contribution in [0.4, 0.5) is 14.5 Å². The highest BCUT2D eigenvalue weighted by Crippen LogP contribution is 2.42. The van der Waals surface area contributed by atoms with Gasteiger partial charge in [-0.2, -0.15) is 8.78 Å². The Morgan fingerprint density at radius 2 is 1.66 bits per heavy atom. The summed E-state index contributed by atoms with van der Waals surface area (Å²) in [4.78, 5) is 29.2. The number of hydrogen-bond acceptors (Lipinski definition) is 7. The van der Waals surface area contributed by atoms with E-state index in [1.165, 1.54) is 30.6 Å². The molecular weight excluding hydrogens is 759 g/mol. The summed E-state index contributed by atoms with van der Waals surface area (Å²) in [6.07, 6.45) is 9.43. The predicted molar refractivity (Wildman–Crippen MR) is 182 cm³/mol. The number of anilines is 1. The molecule has 2 N–H and O–H groups in total. The molecule has 0 bridgehead atoms. The third kappa shape index (κ3) is 10.3. The van der Waals surface area contributed by atoms with Crippen molar-refractivity contribution < 1.29 is 59.2 Å². The van der Waals surface area contributed by atoms with Crippen LogP contribution in [-0.4, -0.2) is 73.0 Å². The average molecular weight is 802 g/mol. The van der Waals surface area contributed by atoms with Crippen molar-refractivity contribution in [3.8, 4) is 11.5 Å². The minimum absolute atomic E-state index is 0. The molecule has 2 atom stereocenters. The first kappa shape index (κ1) is 39.8. The Balaban J connectivity index is 0.000000222. The third-order valence-corrected chi connectivity index (χ3v) is 9.76. The van der Waals surface area contributed by atoms with E-state index in [2.05, 4.69) is 29.1 Å². The third-order valence-electron chi connectivity index (χ3n) is 9.18. The van der Waals surface area contributed by atoms with Crippen molar-refractivity contribution in [2.75, 3.05) is 39.1 Å². The number of likely N-dealkylation sites (N-methyl/N-ethyl adjacent to an activating group) is 1. The summed E-state index contributed by atoms with van der Waals surface area (Å²) in [6, 6.07) is 13.3. The fourth-order valence-corrected chi connectivity index (χ4v) is 6.74. The lowest BCUT2D eigenvalue weighted by Gasteiger charge is -2.33. The summed E-state index contributed by atoms with van der Waals surface area (Å²) in [7, 11) is 4.29. The zero-order valence-corrected chi connectivity index (χ0v) is 31.0. The molecular formula is C36H42BrCl2F2N3O6. The number of halogens is 5. The standard InChI is InChI=1S/C19H28NO3.C17H14Cl2F2N2O3.BrH/c1-20(2)13-12-17(14-20)23-18(21)19(22,16-10-6-7-11-16)15-8-4-3-5-9-15;18-11-6-22-7-12(19)15(11)23-16(24)10-3-4-13(26-17(20)21)14(5-10)25-8-9-1-2-9;/h3-5,8-9,16-17,22H,6-7,10-14H2,1-2H3;3-7,9,17H,1-2,8H2,(H,22,23,24);1H/q+1;;/p-1/t17-,19+;;/m1../s1. The number of pyridine rings is 1. The molecule has 1 amide bonds. The van der Waals surface area contributed by atoms with Crippen LogP contribution in [-0.2, 0) is 15.1 Å². The van der Waals surface area contributed by atoms with E-state index in [1.807, 2.05) is 30.3 Å². The quantitative estimate of drug-likeness (QED) is 0.218. The predicted octanol–water partition coefficient (Wildman–Crippen LogP) is 4.49. The first-order chi connectivity index (χ1) is 23.4. The summed E-state index contributed by atoms with van der Waals surface area (Å²) in [5.41, 5.74) is -0.441. The number of carbonyl (C=O) groups excluding carboxylic acids is 2.